The number of ether oxygens (including phenoxy) is 1. The van der Waals surface area contributed by atoms with Gasteiger partial charge in [0.25, 0.3) is 0 Å². The van der Waals surface area contributed by atoms with E-state index in [9.17, 15) is 4.79 Å². The van der Waals surface area contributed by atoms with E-state index in [0.717, 1.165) is 23.7 Å². The Morgan fingerprint density at radius 1 is 1.45 bits per heavy atom. The Balaban J connectivity index is 1.83. The summed E-state index contributed by atoms with van der Waals surface area (Å²) in [6.07, 6.45) is 3.72. The zero-order valence-corrected chi connectivity index (χ0v) is 12.2. The maximum Gasteiger partial charge on any atom is 0.219 e. The van der Waals surface area contributed by atoms with Gasteiger partial charge in [-0.05, 0) is 38.3 Å². The van der Waals surface area contributed by atoms with Crippen molar-refractivity contribution in [2.45, 2.75) is 45.2 Å². The molecule has 1 aromatic rings. The van der Waals surface area contributed by atoms with Crippen molar-refractivity contribution in [2.24, 2.45) is 0 Å². The molecule has 110 valence electrons. The van der Waals surface area contributed by atoms with Gasteiger partial charge in [-0.3, -0.25) is 9.78 Å². The molecule has 1 fully saturated rings. The Hall–Kier alpha value is -1.62. The minimum atomic E-state index is 0.0475. The highest BCUT2D eigenvalue weighted by atomic mass is 16.5. The van der Waals surface area contributed by atoms with Crippen LogP contribution in [0, 0.1) is 6.92 Å². The molecule has 0 spiro atoms. The lowest BCUT2D eigenvalue weighted by Gasteiger charge is -2.12. The maximum absolute atomic E-state index is 11.1. The summed E-state index contributed by atoms with van der Waals surface area (Å²) < 4.78 is 5.76. The van der Waals surface area contributed by atoms with Crippen LogP contribution in [0.2, 0.25) is 0 Å². The van der Waals surface area contributed by atoms with E-state index < -0.39 is 0 Å². The van der Waals surface area contributed by atoms with Crippen molar-refractivity contribution in [3.8, 4) is 5.75 Å². The number of aromatic nitrogens is 1. The molecule has 0 unspecified atom stereocenters. The standard InChI is InChI=1S/C15H23N3O2/c1-11-5-8-14(20-9-3-4-15(19)16-2)13(18-11)10-17-12-6-7-12/h5,8,12,17H,3-4,6-7,9-10H2,1-2H3,(H,16,19). The fourth-order valence-electron chi connectivity index (χ4n) is 1.92. The van der Waals surface area contributed by atoms with E-state index in [-0.39, 0.29) is 5.91 Å². The van der Waals surface area contributed by atoms with Gasteiger partial charge in [-0.15, -0.1) is 0 Å². The first-order valence-electron chi connectivity index (χ1n) is 7.22. The number of pyridine rings is 1. The van der Waals surface area contributed by atoms with E-state index >= 15 is 0 Å². The van der Waals surface area contributed by atoms with Crippen LogP contribution in [0.15, 0.2) is 12.1 Å². The highest BCUT2D eigenvalue weighted by Crippen LogP contribution is 2.22. The zero-order valence-electron chi connectivity index (χ0n) is 12.2. The van der Waals surface area contributed by atoms with Crippen molar-refractivity contribution in [2.75, 3.05) is 13.7 Å². The average Bonchev–Trinajstić information content (AvgIpc) is 3.26. The number of carbonyl (C=O) groups is 1. The number of hydrogen-bond donors (Lipinski definition) is 2. The Labute approximate surface area is 120 Å². The molecule has 0 aliphatic heterocycles. The summed E-state index contributed by atoms with van der Waals surface area (Å²) in [6.45, 7) is 3.27. The number of hydrogen-bond acceptors (Lipinski definition) is 4. The summed E-state index contributed by atoms with van der Waals surface area (Å²) in [5, 5.41) is 6.06. The Morgan fingerprint density at radius 2 is 2.25 bits per heavy atom. The summed E-state index contributed by atoms with van der Waals surface area (Å²) in [7, 11) is 1.65. The smallest absolute Gasteiger partial charge is 0.219 e. The minimum Gasteiger partial charge on any atom is -0.492 e. The fourth-order valence-corrected chi connectivity index (χ4v) is 1.92. The van der Waals surface area contributed by atoms with Crippen molar-refractivity contribution in [3.63, 3.8) is 0 Å². The van der Waals surface area contributed by atoms with Gasteiger partial charge in [-0.25, -0.2) is 0 Å². The quantitative estimate of drug-likeness (QED) is 0.708. The number of nitrogens with one attached hydrogen (secondary N) is 2. The third-order valence-corrected chi connectivity index (χ3v) is 3.29. The molecule has 2 N–H and O–H groups in total. The second kappa shape index (κ2) is 7.24. The lowest BCUT2D eigenvalue weighted by atomic mass is 10.2. The summed E-state index contributed by atoms with van der Waals surface area (Å²) in [5.74, 6) is 0.868. The maximum atomic E-state index is 11.1. The molecule has 0 atom stereocenters. The van der Waals surface area contributed by atoms with Crippen molar-refractivity contribution in [1.29, 1.82) is 0 Å². The predicted molar refractivity (Wildman–Crippen MR) is 77.6 cm³/mol. The molecule has 0 aromatic carbocycles. The molecule has 1 aromatic heterocycles. The van der Waals surface area contributed by atoms with Gasteiger partial charge in [-0.1, -0.05) is 0 Å². The first-order chi connectivity index (χ1) is 9.69. The number of rotatable bonds is 8. The molecule has 1 aliphatic rings. The zero-order chi connectivity index (χ0) is 14.4. The molecule has 0 saturated heterocycles. The lowest BCUT2D eigenvalue weighted by molar-refractivity contribution is -0.120. The van der Waals surface area contributed by atoms with Crippen LogP contribution in [0.4, 0.5) is 0 Å². The largest absolute Gasteiger partial charge is 0.492 e. The normalized spacial score (nSPS) is 14.1. The molecule has 0 radical (unpaired) electrons. The van der Waals surface area contributed by atoms with E-state index in [2.05, 4.69) is 15.6 Å². The molecule has 5 nitrogen and oxygen atoms in total. The number of nitrogens with zero attached hydrogens (tertiary/aromatic N) is 1. The van der Waals surface area contributed by atoms with Crippen LogP contribution in [-0.4, -0.2) is 30.6 Å². The third-order valence-electron chi connectivity index (χ3n) is 3.29. The van der Waals surface area contributed by atoms with E-state index in [1.54, 1.807) is 7.05 Å². The molecule has 0 bridgehead atoms. The average molecular weight is 277 g/mol. The fraction of sp³-hybridized carbons (Fsp3) is 0.600. The third kappa shape index (κ3) is 4.81. The van der Waals surface area contributed by atoms with Gasteiger partial charge in [-0.2, -0.15) is 0 Å². The van der Waals surface area contributed by atoms with Crippen molar-refractivity contribution >= 4 is 5.91 Å². The van der Waals surface area contributed by atoms with Gasteiger partial charge in [0.2, 0.25) is 5.91 Å². The minimum absolute atomic E-state index is 0.0475. The van der Waals surface area contributed by atoms with Crippen molar-refractivity contribution in [3.05, 3.63) is 23.5 Å². The molecule has 1 heterocycles. The van der Waals surface area contributed by atoms with Crippen LogP contribution in [-0.2, 0) is 11.3 Å². The lowest BCUT2D eigenvalue weighted by Crippen LogP contribution is -2.19. The van der Waals surface area contributed by atoms with Crippen molar-refractivity contribution in [1.82, 2.24) is 15.6 Å². The molecule has 1 aliphatic carbocycles. The van der Waals surface area contributed by atoms with Crippen LogP contribution in [0.1, 0.15) is 37.1 Å². The molecule has 1 saturated carbocycles. The summed E-state index contributed by atoms with van der Waals surface area (Å²) in [6, 6.07) is 4.57. The van der Waals surface area contributed by atoms with E-state index in [0.29, 0.717) is 25.5 Å². The Morgan fingerprint density at radius 3 is 2.95 bits per heavy atom. The topological polar surface area (TPSA) is 63.2 Å². The van der Waals surface area contributed by atoms with Crippen LogP contribution in [0.3, 0.4) is 0 Å². The summed E-state index contributed by atoms with van der Waals surface area (Å²) in [4.78, 5) is 15.7. The molecular weight excluding hydrogens is 254 g/mol. The van der Waals surface area contributed by atoms with E-state index in [4.69, 9.17) is 4.74 Å². The molecule has 5 heteroatoms. The Kier molecular flexibility index (Phi) is 5.35. The van der Waals surface area contributed by atoms with Crippen LogP contribution < -0.4 is 15.4 Å². The highest BCUT2D eigenvalue weighted by Gasteiger charge is 2.21. The molecular formula is C15H23N3O2. The first kappa shape index (κ1) is 14.8. The van der Waals surface area contributed by atoms with Gasteiger partial charge in [0.1, 0.15) is 5.75 Å². The number of amides is 1. The van der Waals surface area contributed by atoms with Crippen LogP contribution in [0.25, 0.3) is 0 Å². The second-order valence-electron chi connectivity index (χ2n) is 5.18. The second-order valence-corrected chi connectivity index (χ2v) is 5.18. The first-order valence-corrected chi connectivity index (χ1v) is 7.22. The highest BCUT2D eigenvalue weighted by molar-refractivity contribution is 5.75. The van der Waals surface area contributed by atoms with Gasteiger partial charge < -0.3 is 15.4 Å². The van der Waals surface area contributed by atoms with Crippen molar-refractivity contribution < 1.29 is 9.53 Å². The molecule has 2 rings (SSSR count). The van der Waals surface area contributed by atoms with Crippen LogP contribution in [0.5, 0.6) is 5.75 Å². The van der Waals surface area contributed by atoms with E-state index in [1.165, 1.54) is 12.8 Å². The molecule has 1 amide bonds. The van der Waals surface area contributed by atoms with Gasteiger partial charge in [0.05, 0.1) is 12.3 Å². The van der Waals surface area contributed by atoms with Gasteiger partial charge in [0, 0.05) is 31.7 Å². The van der Waals surface area contributed by atoms with Gasteiger partial charge >= 0.3 is 0 Å². The number of aryl methyl sites for hydroxylation is 1. The SMILES string of the molecule is CNC(=O)CCCOc1ccc(C)nc1CNC1CC1. The van der Waals surface area contributed by atoms with E-state index in [1.807, 2.05) is 19.1 Å². The summed E-state index contributed by atoms with van der Waals surface area (Å²) in [5.41, 5.74) is 1.95. The molecule has 20 heavy (non-hydrogen) atoms. The number of carbonyl (C=O) groups excluding carboxylic acids is 1. The van der Waals surface area contributed by atoms with Gasteiger partial charge in [0.15, 0.2) is 0 Å². The van der Waals surface area contributed by atoms with Crippen LogP contribution >= 0.6 is 0 Å². The predicted octanol–water partition coefficient (Wildman–Crippen LogP) is 1.55. The monoisotopic (exact) mass is 277 g/mol. The summed E-state index contributed by atoms with van der Waals surface area (Å²) >= 11 is 0. The Bertz CT molecular complexity index is 458.